The molecule has 0 N–H and O–H groups in total. The normalized spacial score (nSPS) is 36.7. The minimum absolute atomic E-state index is 0.196. The number of oxime groups is 1. The van der Waals surface area contributed by atoms with Crippen LogP contribution in [0, 0.1) is 17.8 Å². The highest BCUT2D eigenvalue weighted by Crippen LogP contribution is 2.54. The van der Waals surface area contributed by atoms with E-state index in [-0.39, 0.29) is 23.8 Å². The molecule has 2 amide bonds. The van der Waals surface area contributed by atoms with E-state index in [0.29, 0.717) is 11.3 Å². The van der Waals surface area contributed by atoms with Gasteiger partial charge in [-0.2, -0.15) is 0 Å². The fourth-order valence-electron chi connectivity index (χ4n) is 4.64. The fraction of sp³-hybridized carbons (Fsp3) is 0.444. The Morgan fingerprint density at radius 3 is 2.35 bits per heavy atom. The van der Waals surface area contributed by atoms with Crippen LogP contribution in [0.4, 0.5) is 0 Å². The van der Waals surface area contributed by atoms with Gasteiger partial charge in [0.25, 0.3) is 0 Å². The van der Waals surface area contributed by atoms with Crippen molar-refractivity contribution in [3.05, 3.63) is 35.4 Å². The summed E-state index contributed by atoms with van der Waals surface area (Å²) in [5, 5.41) is 4.21. The number of nitrogens with zero attached hydrogens (tertiary/aromatic N) is 2. The summed E-state index contributed by atoms with van der Waals surface area (Å²) >= 11 is 0. The van der Waals surface area contributed by atoms with E-state index in [1.54, 1.807) is 24.3 Å². The largest absolute Gasteiger partial charge is 0.465 e. The van der Waals surface area contributed by atoms with E-state index in [2.05, 4.69) is 5.16 Å². The second-order valence-corrected chi connectivity index (χ2v) is 6.99. The first kappa shape index (κ1) is 15.5. The predicted octanol–water partition coefficient (Wildman–Crippen LogP) is 0.204. The van der Waals surface area contributed by atoms with Crippen molar-refractivity contribution in [2.24, 2.45) is 22.9 Å². The third-order valence-electron chi connectivity index (χ3n) is 5.86. The Labute approximate surface area is 148 Å². The van der Waals surface area contributed by atoms with Crippen molar-refractivity contribution in [1.29, 1.82) is 0 Å². The lowest BCUT2D eigenvalue weighted by Gasteiger charge is -2.26. The molecule has 5 rings (SSSR count). The highest BCUT2D eigenvalue weighted by atomic mass is 16.7. The van der Waals surface area contributed by atoms with Gasteiger partial charge in [-0.05, 0) is 17.7 Å². The molecular weight excluding hydrogens is 340 g/mol. The van der Waals surface area contributed by atoms with Crippen LogP contribution in [-0.2, 0) is 23.9 Å². The summed E-state index contributed by atoms with van der Waals surface area (Å²) < 4.78 is 10.7. The highest BCUT2D eigenvalue weighted by molar-refractivity contribution is 6.09. The van der Waals surface area contributed by atoms with Crippen LogP contribution in [0.1, 0.15) is 15.9 Å². The third kappa shape index (κ3) is 1.77. The first-order valence-corrected chi connectivity index (χ1v) is 8.42. The average Bonchev–Trinajstić information content (AvgIpc) is 3.39. The van der Waals surface area contributed by atoms with Gasteiger partial charge in [0.05, 0.1) is 42.2 Å². The second kappa shape index (κ2) is 5.14. The van der Waals surface area contributed by atoms with Crippen molar-refractivity contribution in [1.82, 2.24) is 4.90 Å². The number of carbonyl (C=O) groups is 3. The molecular formula is C18H16N2O6. The van der Waals surface area contributed by atoms with Crippen molar-refractivity contribution in [2.75, 3.05) is 14.2 Å². The Hall–Kier alpha value is -2.74. The van der Waals surface area contributed by atoms with Crippen LogP contribution in [-0.4, -0.2) is 60.9 Å². The standard InChI is InChI=1S/C18H16N2O6/c1-20-16(21)9-10(17(20)22)14-15-11(13(9)25-14)12(19-26-15)7-3-5-8(6-4-7)18(23)24-2/h3-6,9-11,13-15H,1-2H3/t9-,10+,11-,13+,14-,15-/m0/s1. The van der Waals surface area contributed by atoms with E-state index in [9.17, 15) is 14.4 Å². The number of benzene rings is 1. The summed E-state index contributed by atoms with van der Waals surface area (Å²) in [7, 11) is 2.84. The van der Waals surface area contributed by atoms with Crippen LogP contribution >= 0.6 is 0 Å². The lowest BCUT2D eigenvalue weighted by atomic mass is 9.71. The number of methoxy groups -OCH3 is 1. The summed E-state index contributed by atoms with van der Waals surface area (Å²) in [6, 6.07) is 6.86. The topological polar surface area (TPSA) is 94.5 Å². The molecule has 0 aromatic heterocycles. The van der Waals surface area contributed by atoms with Crippen LogP contribution in [0.15, 0.2) is 29.4 Å². The molecule has 6 atom stereocenters. The van der Waals surface area contributed by atoms with Crippen molar-refractivity contribution in [3.8, 4) is 0 Å². The second-order valence-electron chi connectivity index (χ2n) is 6.99. The zero-order valence-electron chi connectivity index (χ0n) is 14.1. The molecule has 4 aliphatic heterocycles. The van der Waals surface area contributed by atoms with Gasteiger partial charge in [-0.15, -0.1) is 0 Å². The van der Waals surface area contributed by atoms with E-state index >= 15 is 0 Å². The number of amides is 2. The Balaban J connectivity index is 1.46. The molecule has 3 fully saturated rings. The SMILES string of the molecule is COC(=O)c1ccc(C2=NO[C@@H]3[C@H]4O[C@@H]([C@H]23)[C@H]2C(=O)N(C)C(=O)[C@@H]42)cc1. The van der Waals surface area contributed by atoms with Gasteiger partial charge in [0.2, 0.25) is 11.8 Å². The van der Waals surface area contributed by atoms with Gasteiger partial charge < -0.3 is 14.3 Å². The molecule has 0 spiro atoms. The van der Waals surface area contributed by atoms with Crippen molar-refractivity contribution in [3.63, 3.8) is 0 Å². The minimum atomic E-state index is -0.477. The molecule has 4 aliphatic rings. The summed E-state index contributed by atoms with van der Waals surface area (Å²) in [5.41, 5.74) is 1.92. The molecule has 8 heteroatoms. The molecule has 1 aromatic rings. The van der Waals surface area contributed by atoms with Crippen LogP contribution in [0.3, 0.4) is 0 Å². The number of hydrogen-bond donors (Lipinski definition) is 0. The number of esters is 1. The van der Waals surface area contributed by atoms with Gasteiger partial charge in [0, 0.05) is 7.05 Å². The van der Waals surface area contributed by atoms with E-state index in [0.717, 1.165) is 5.56 Å². The quantitative estimate of drug-likeness (QED) is 0.555. The van der Waals surface area contributed by atoms with Crippen molar-refractivity contribution >= 4 is 23.5 Å². The fourth-order valence-corrected chi connectivity index (χ4v) is 4.64. The molecule has 0 radical (unpaired) electrons. The number of likely N-dealkylation sites (tertiary alicyclic amines) is 1. The molecule has 0 unspecified atom stereocenters. The molecule has 8 nitrogen and oxygen atoms in total. The van der Waals surface area contributed by atoms with E-state index in [4.69, 9.17) is 14.3 Å². The summed E-state index contributed by atoms with van der Waals surface area (Å²) in [4.78, 5) is 43.2. The molecule has 1 aromatic carbocycles. The Morgan fingerprint density at radius 2 is 1.69 bits per heavy atom. The van der Waals surface area contributed by atoms with Crippen molar-refractivity contribution in [2.45, 2.75) is 18.3 Å². The van der Waals surface area contributed by atoms with E-state index in [1.165, 1.54) is 19.1 Å². The Kier molecular flexibility index (Phi) is 3.06. The van der Waals surface area contributed by atoms with Crippen molar-refractivity contribution < 1.29 is 28.7 Å². The molecule has 3 saturated heterocycles. The minimum Gasteiger partial charge on any atom is -0.465 e. The number of ether oxygens (including phenoxy) is 2. The number of carbonyl (C=O) groups excluding carboxylic acids is 3. The maximum atomic E-state index is 12.5. The number of hydrogen-bond acceptors (Lipinski definition) is 7. The first-order valence-electron chi connectivity index (χ1n) is 8.42. The monoisotopic (exact) mass is 356 g/mol. The zero-order valence-corrected chi connectivity index (χ0v) is 14.1. The van der Waals surface area contributed by atoms with E-state index < -0.39 is 30.0 Å². The van der Waals surface area contributed by atoms with Crippen LogP contribution in [0.2, 0.25) is 0 Å². The van der Waals surface area contributed by atoms with Gasteiger partial charge in [0.1, 0.15) is 6.10 Å². The van der Waals surface area contributed by atoms with Gasteiger partial charge >= 0.3 is 5.97 Å². The van der Waals surface area contributed by atoms with E-state index in [1.807, 2.05) is 0 Å². The molecule has 26 heavy (non-hydrogen) atoms. The summed E-state index contributed by atoms with van der Waals surface area (Å²) in [6.45, 7) is 0. The van der Waals surface area contributed by atoms with Gasteiger partial charge in [-0.25, -0.2) is 4.79 Å². The molecule has 2 bridgehead atoms. The van der Waals surface area contributed by atoms with Crippen LogP contribution < -0.4 is 0 Å². The third-order valence-corrected chi connectivity index (χ3v) is 5.86. The molecule has 0 aliphatic carbocycles. The molecule has 134 valence electrons. The maximum Gasteiger partial charge on any atom is 0.337 e. The maximum absolute atomic E-state index is 12.5. The number of imide groups is 1. The lowest BCUT2D eigenvalue weighted by Crippen LogP contribution is -2.45. The lowest BCUT2D eigenvalue weighted by molar-refractivity contribution is -0.141. The Bertz CT molecular complexity index is 863. The van der Waals surface area contributed by atoms with Gasteiger partial charge in [-0.3, -0.25) is 14.5 Å². The predicted molar refractivity (Wildman–Crippen MR) is 86.1 cm³/mol. The highest BCUT2D eigenvalue weighted by Gasteiger charge is 2.71. The number of fused-ring (bicyclic) bond motifs is 8. The average molecular weight is 356 g/mol. The van der Waals surface area contributed by atoms with Gasteiger partial charge in [0.15, 0.2) is 6.10 Å². The summed E-state index contributed by atoms with van der Waals surface area (Å²) in [6.07, 6.45) is -1.23. The first-order chi connectivity index (χ1) is 12.5. The smallest absolute Gasteiger partial charge is 0.337 e. The summed E-state index contributed by atoms with van der Waals surface area (Å²) in [5.74, 6) is -1.96. The Morgan fingerprint density at radius 1 is 1.04 bits per heavy atom. The van der Waals surface area contributed by atoms with Crippen LogP contribution in [0.5, 0.6) is 0 Å². The van der Waals surface area contributed by atoms with Crippen LogP contribution in [0.25, 0.3) is 0 Å². The molecule has 0 saturated carbocycles. The van der Waals surface area contributed by atoms with Gasteiger partial charge in [-0.1, -0.05) is 17.3 Å². The molecule has 4 heterocycles. The number of rotatable bonds is 2. The zero-order chi connectivity index (χ0) is 18.2.